The molecular formula is C29H37N5O3. The van der Waals surface area contributed by atoms with Crippen LogP contribution in [0.15, 0.2) is 42.5 Å². The second-order valence-electron chi connectivity index (χ2n) is 9.76. The molecule has 0 saturated heterocycles. The number of fused-ring (bicyclic) bond motifs is 1. The van der Waals surface area contributed by atoms with Crippen LogP contribution in [0.1, 0.15) is 75.2 Å². The first-order valence-corrected chi connectivity index (χ1v) is 13.3. The van der Waals surface area contributed by atoms with Gasteiger partial charge in [0.1, 0.15) is 11.7 Å². The number of hydrogen-bond donors (Lipinski definition) is 3. The number of rotatable bonds is 11. The van der Waals surface area contributed by atoms with E-state index in [1.54, 1.807) is 0 Å². The van der Waals surface area contributed by atoms with Crippen molar-refractivity contribution in [1.82, 2.24) is 9.55 Å². The summed E-state index contributed by atoms with van der Waals surface area (Å²) in [6.45, 7) is 2.94. The van der Waals surface area contributed by atoms with E-state index >= 15 is 0 Å². The number of hydrogen-bond acceptors (Lipinski definition) is 5. The molecule has 37 heavy (non-hydrogen) atoms. The number of nitrogens with two attached hydrogens (primary N) is 1. The zero-order valence-electron chi connectivity index (χ0n) is 21.6. The van der Waals surface area contributed by atoms with Gasteiger partial charge < -0.3 is 20.4 Å². The van der Waals surface area contributed by atoms with E-state index in [1.165, 1.54) is 6.42 Å². The van der Waals surface area contributed by atoms with Gasteiger partial charge in [-0.3, -0.25) is 15.0 Å². The van der Waals surface area contributed by atoms with E-state index in [9.17, 15) is 9.59 Å². The van der Waals surface area contributed by atoms with E-state index in [4.69, 9.17) is 20.9 Å². The summed E-state index contributed by atoms with van der Waals surface area (Å²) in [5.41, 5.74) is 9.97. The third kappa shape index (κ3) is 6.96. The molecule has 4 rings (SSSR count). The molecule has 0 aliphatic heterocycles. The van der Waals surface area contributed by atoms with Crippen molar-refractivity contribution in [3.8, 4) is 0 Å². The number of aryl methyl sites for hydroxylation is 1. The van der Waals surface area contributed by atoms with Gasteiger partial charge in [0.25, 0.3) is 0 Å². The number of amidine groups is 1. The number of imidazole rings is 1. The van der Waals surface area contributed by atoms with Gasteiger partial charge in [0.15, 0.2) is 0 Å². The highest BCUT2D eigenvalue weighted by Crippen LogP contribution is 2.27. The van der Waals surface area contributed by atoms with E-state index < -0.39 is 0 Å². The quantitative estimate of drug-likeness (QED) is 0.144. The molecule has 0 spiro atoms. The molecule has 0 bridgehead atoms. The fraction of sp³-hybridized carbons (Fsp3) is 0.448. The highest BCUT2D eigenvalue weighted by atomic mass is 16.5. The van der Waals surface area contributed by atoms with Crippen LogP contribution in [0.25, 0.3) is 11.0 Å². The molecule has 196 valence electrons. The van der Waals surface area contributed by atoms with E-state index in [0.717, 1.165) is 73.2 Å². The van der Waals surface area contributed by atoms with Crippen LogP contribution in [0.4, 0.5) is 5.69 Å². The third-order valence-corrected chi connectivity index (χ3v) is 7.02. The molecule has 0 radical (unpaired) electrons. The number of benzene rings is 2. The van der Waals surface area contributed by atoms with Crippen LogP contribution in [0.3, 0.4) is 0 Å². The van der Waals surface area contributed by atoms with Gasteiger partial charge in [-0.25, -0.2) is 4.98 Å². The fourth-order valence-electron chi connectivity index (χ4n) is 5.01. The molecule has 8 heteroatoms. The number of nitrogen functional groups attached to an aromatic ring is 1. The summed E-state index contributed by atoms with van der Waals surface area (Å²) in [6, 6.07) is 13.6. The Balaban J connectivity index is 1.54. The van der Waals surface area contributed by atoms with Crippen molar-refractivity contribution in [2.45, 2.75) is 71.3 Å². The van der Waals surface area contributed by atoms with Gasteiger partial charge in [-0.15, -0.1) is 0 Å². The van der Waals surface area contributed by atoms with Gasteiger partial charge in [-0.2, -0.15) is 0 Å². The molecule has 2 aromatic carbocycles. The lowest BCUT2D eigenvalue weighted by atomic mass is 9.88. The molecular weight excluding hydrogens is 466 g/mol. The van der Waals surface area contributed by atoms with Crippen molar-refractivity contribution < 1.29 is 14.3 Å². The van der Waals surface area contributed by atoms with E-state index in [1.807, 2.05) is 49.4 Å². The minimum Gasteiger partial charge on any atom is -0.466 e. The van der Waals surface area contributed by atoms with Gasteiger partial charge >= 0.3 is 5.97 Å². The minimum absolute atomic E-state index is 0.0446. The summed E-state index contributed by atoms with van der Waals surface area (Å²) in [5, 5.41) is 10.7. The number of nitrogens with one attached hydrogen (secondary N) is 2. The number of unbranched alkanes of at least 4 members (excludes halogenated alkanes) is 1. The maximum absolute atomic E-state index is 12.8. The molecule has 1 heterocycles. The summed E-state index contributed by atoms with van der Waals surface area (Å²) in [7, 11) is 0. The van der Waals surface area contributed by atoms with Crippen LogP contribution in [-0.2, 0) is 27.3 Å². The molecule has 1 aliphatic carbocycles. The molecule has 3 aromatic rings. The second-order valence-corrected chi connectivity index (χ2v) is 9.76. The lowest BCUT2D eigenvalue weighted by molar-refractivity contribution is -0.143. The van der Waals surface area contributed by atoms with Gasteiger partial charge in [0, 0.05) is 36.6 Å². The summed E-state index contributed by atoms with van der Waals surface area (Å²) < 4.78 is 7.25. The Morgan fingerprint density at radius 1 is 1.11 bits per heavy atom. The molecule has 1 aliphatic rings. The Labute approximate surface area is 218 Å². The van der Waals surface area contributed by atoms with E-state index in [-0.39, 0.29) is 23.6 Å². The Kier molecular flexibility index (Phi) is 8.93. The molecule has 8 nitrogen and oxygen atoms in total. The summed E-state index contributed by atoms with van der Waals surface area (Å²) in [4.78, 5) is 29.5. The maximum Gasteiger partial charge on any atom is 0.305 e. The standard InChI is InChI=1S/C29H37N5O3/c1-2-37-27(35)10-6-7-17-34-25-16-15-23(32-29(36)22-8-4-3-5-9-22)19-24(25)33-26(34)18-20-11-13-21(14-12-20)28(30)31/h11-16,19,22H,2-10,17-18H2,1H3,(H3,30,31)(H,32,36). The van der Waals surface area contributed by atoms with Crippen molar-refractivity contribution >= 4 is 34.4 Å². The largest absolute Gasteiger partial charge is 0.466 e. The number of ether oxygens (including phenoxy) is 1. The topological polar surface area (TPSA) is 123 Å². The van der Waals surface area contributed by atoms with Gasteiger partial charge in [0.2, 0.25) is 5.91 Å². The van der Waals surface area contributed by atoms with Gasteiger partial charge in [0.05, 0.1) is 17.6 Å². The molecule has 1 aromatic heterocycles. The molecule has 0 atom stereocenters. The van der Waals surface area contributed by atoms with Crippen LogP contribution in [0.2, 0.25) is 0 Å². The van der Waals surface area contributed by atoms with E-state index in [2.05, 4.69) is 9.88 Å². The summed E-state index contributed by atoms with van der Waals surface area (Å²) in [5.74, 6) is 0.987. The third-order valence-electron chi connectivity index (χ3n) is 7.02. The normalized spacial score (nSPS) is 14.0. The van der Waals surface area contributed by atoms with Gasteiger partial charge in [-0.1, -0.05) is 43.5 Å². The fourth-order valence-corrected chi connectivity index (χ4v) is 5.01. The minimum atomic E-state index is -0.165. The lowest BCUT2D eigenvalue weighted by Crippen LogP contribution is -2.24. The number of esters is 1. The Morgan fingerprint density at radius 3 is 2.57 bits per heavy atom. The van der Waals surface area contributed by atoms with Crippen molar-refractivity contribution in [3.63, 3.8) is 0 Å². The first-order valence-electron chi connectivity index (χ1n) is 13.3. The Hall–Kier alpha value is -3.68. The molecule has 4 N–H and O–H groups in total. The Morgan fingerprint density at radius 2 is 1.86 bits per heavy atom. The smallest absolute Gasteiger partial charge is 0.305 e. The SMILES string of the molecule is CCOC(=O)CCCCn1c(Cc2ccc(C(=N)N)cc2)nc2cc(NC(=O)C3CCCCC3)ccc21. The van der Waals surface area contributed by atoms with Crippen LogP contribution < -0.4 is 11.1 Å². The molecule has 1 saturated carbocycles. The number of nitrogens with zero attached hydrogens (tertiary/aromatic N) is 2. The number of aromatic nitrogens is 2. The molecule has 1 fully saturated rings. The zero-order chi connectivity index (χ0) is 26.2. The monoisotopic (exact) mass is 503 g/mol. The predicted octanol–water partition coefficient (Wildman–Crippen LogP) is 5.16. The van der Waals surface area contributed by atoms with E-state index in [0.29, 0.717) is 25.0 Å². The first-order chi connectivity index (χ1) is 17.9. The number of carbonyl (C=O) groups excluding carboxylic acids is 2. The molecule has 1 amide bonds. The first kappa shape index (κ1) is 26.4. The number of anilines is 1. The lowest BCUT2D eigenvalue weighted by Gasteiger charge is -2.20. The second kappa shape index (κ2) is 12.5. The average molecular weight is 504 g/mol. The van der Waals surface area contributed by atoms with Crippen LogP contribution >= 0.6 is 0 Å². The highest BCUT2D eigenvalue weighted by Gasteiger charge is 2.21. The van der Waals surface area contributed by atoms with Crippen molar-refractivity contribution in [1.29, 1.82) is 5.41 Å². The average Bonchev–Trinajstić information content (AvgIpc) is 3.23. The Bertz CT molecular complexity index is 1240. The van der Waals surface area contributed by atoms with Crippen LogP contribution in [0.5, 0.6) is 0 Å². The number of carbonyl (C=O) groups is 2. The van der Waals surface area contributed by atoms with Crippen molar-refractivity contribution in [2.24, 2.45) is 11.7 Å². The van der Waals surface area contributed by atoms with Crippen molar-refractivity contribution in [2.75, 3.05) is 11.9 Å². The summed E-state index contributed by atoms with van der Waals surface area (Å²) in [6.07, 6.45) is 7.95. The summed E-state index contributed by atoms with van der Waals surface area (Å²) >= 11 is 0. The predicted molar refractivity (Wildman–Crippen MR) is 146 cm³/mol. The van der Waals surface area contributed by atoms with Gasteiger partial charge in [-0.05, 0) is 56.4 Å². The highest BCUT2D eigenvalue weighted by molar-refractivity contribution is 5.95. The molecule has 0 unspecified atom stereocenters. The van der Waals surface area contributed by atoms with Crippen molar-refractivity contribution in [3.05, 3.63) is 59.4 Å². The zero-order valence-corrected chi connectivity index (χ0v) is 21.6. The van der Waals surface area contributed by atoms with Crippen LogP contribution in [-0.4, -0.2) is 33.9 Å². The van der Waals surface area contributed by atoms with Crippen LogP contribution in [0, 0.1) is 11.3 Å². The number of amides is 1. The maximum atomic E-state index is 12.8.